The van der Waals surface area contributed by atoms with Crippen LogP contribution >= 0.6 is 0 Å². The molecule has 0 heterocycles. The third kappa shape index (κ3) is 72.5. The van der Waals surface area contributed by atoms with Gasteiger partial charge in [-0.15, -0.1) is 0 Å². The van der Waals surface area contributed by atoms with Crippen LogP contribution in [0.1, 0.15) is 349 Å². The minimum absolute atomic E-state index is 0. The number of unbranched alkanes of at least 4 members (excludes halogenated alkanes) is 44. The molecule has 0 rings (SSSR count). The summed E-state index contributed by atoms with van der Waals surface area (Å²) in [5.74, 6) is 0.0373. The van der Waals surface area contributed by atoms with Gasteiger partial charge in [0.1, 0.15) is 0 Å². The van der Waals surface area contributed by atoms with Crippen molar-refractivity contribution in [2.75, 3.05) is 13.2 Å². The molecule has 0 aromatic heterocycles. The molecule has 0 fully saturated rings. The van der Waals surface area contributed by atoms with E-state index >= 15 is 0 Å². The molecule has 0 aliphatic carbocycles. The van der Waals surface area contributed by atoms with Crippen LogP contribution in [-0.4, -0.2) is 76.9 Å². The molecular formula is C62H122CaO8S2. The topological polar surface area (TPSA) is 133 Å². The van der Waals surface area contributed by atoms with E-state index in [0.717, 1.165) is 38.5 Å². The van der Waals surface area contributed by atoms with Gasteiger partial charge >= 0.3 is 37.7 Å². The molecule has 2 unspecified atom stereocenters. The van der Waals surface area contributed by atoms with Crippen molar-refractivity contribution in [1.29, 1.82) is 0 Å². The van der Waals surface area contributed by atoms with E-state index in [4.69, 9.17) is 0 Å². The van der Waals surface area contributed by atoms with Gasteiger partial charge in [0.25, 0.3) is 0 Å². The zero-order valence-corrected chi connectivity index (χ0v) is 52.9. The van der Waals surface area contributed by atoms with Crippen molar-refractivity contribution in [3.05, 3.63) is 24.3 Å². The summed E-state index contributed by atoms with van der Waals surface area (Å²) in [5, 5.41) is 0. The molecule has 0 saturated carbocycles. The van der Waals surface area contributed by atoms with Crippen molar-refractivity contribution in [2.45, 2.75) is 349 Å². The van der Waals surface area contributed by atoms with Crippen LogP contribution in [-0.2, 0) is 29.2 Å². The Labute approximate surface area is 487 Å². The number of hydrogen-bond acceptors (Lipinski definition) is 8. The first-order valence-electron chi connectivity index (χ1n) is 31.5. The molecule has 0 amide bonds. The molecule has 432 valence electrons. The largest absolute Gasteiger partial charge is 2.00 e. The summed E-state index contributed by atoms with van der Waals surface area (Å²) in [4.78, 5) is 0. The number of allylic oxidation sites excluding steroid dienone is 2. The van der Waals surface area contributed by atoms with Crippen molar-refractivity contribution in [3.63, 3.8) is 0 Å². The van der Waals surface area contributed by atoms with Gasteiger partial charge in [-0.25, -0.2) is 16.8 Å². The summed E-state index contributed by atoms with van der Waals surface area (Å²) in [5.41, 5.74) is 0. The second-order valence-corrected chi connectivity index (χ2v) is 23.9. The maximum Gasteiger partial charge on any atom is 2.00 e. The van der Waals surface area contributed by atoms with Gasteiger partial charge < -0.3 is 9.11 Å². The molecule has 73 heavy (non-hydrogen) atoms. The van der Waals surface area contributed by atoms with Gasteiger partial charge in [0, 0.05) is 11.8 Å². The summed E-state index contributed by atoms with van der Waals surface area (Å²) >= 11 is 0. The molecule has 0 aromatic carbocycles. The second kappa shape index (κ2) is 63.3. The maximum absolute atomic E-state index is 10.9. The van der Waals surface area contributed by atoms with E-state index in [1.807, 2.05) is 0 Å². The van der Waals surface area contributed by atoms with Gasteiger partial charge in [0.05, 0.1) is 13.2 Å². The molecule has 11 heteroatoms. The van der Waals surface area contributed by atoms with Gasteiger partial charge in [0.2, 0.25) is 20.8 Å². The van der Waals surface area contributed by atoms with Gasteiger partial charge in [-0.05, 0) is 38.5 Å². The Balaban J connectivity index is -0.00000132. The molecule has 8 nitrogen and oxygen atoms in total. The molecule has 0 radical (unpaired) electrons. The standard InChI is InChI=1S/2C31H62O4S.Ca/c2*1-3-5-7-9-11-13-14-15-16-17-18-19-20-21-23-25-27-29-31(30-35-36(32,33)34)28-26-24-22-12-10-8-6-4-2;/h2*26,28,31H,3-25,27,29-30H2,1-2H3,(H,32,33,34);/q;;+2/p-2/b2*28-26+;. The van der Waals surface area contributed by atoms with Crippen molar-refractivity contribution >= 4 is 58.5 Å². The van der Waals surface area contributed by atoms with Gasteiger partial charge in [-0.2, -0.15) is 0 Å². The monoisotopic (exact) mass is 1100 g/mol. The van der Waals surface area contributed by atoms with Gasteiger partial charge in [-0.1, -0.05) is 335 Å². The summed E-state index contributed by atoms with van der Waals surface area (Å²) < 4.78 is 74.3. The van der Waals surface area contributed by atoms with Gasteiger partial charge in [-0.3, -0.25) is 8.37 Å². The average Bonchev–Trinajstić information content (AvgIpc) is 3.35. The molecule has 0 spiro atoms. The first-order valence-corrected chi connectivity index (χ1v) is 34.2. The Hall–Kier alpha value is 0.480. The minimum atomic E-state index is -4.61. The van der Waals surface area contributed by atoms with Crippen LogP contribution in [0.15, 0.2) is 24.3 Å². The Morgan fingerprint density at radius 2 is 0.479 bits per heavy atom. The Morgan fingerprint density at radius 3 is 0.671 bits per heavy atom. The van der Waals surface area contributed by atoms with E-state index in [-0.39, 0.29) is 62.8 Å². The summed E-state index contributed by atoms with van der Waals surface area (Å²) in [6.45, 7) is 8.98. The fourth-order valence-corrected chi connectivity index (χ4v) is 10.4. The summed E-state index contributed by atoms with van der Waals surface area (Å²) in [7, 11) is -9.23. The third-order valence-corrected chi connectivity index (χ3v) is 15.3. The average molecular weight is 1100 g/mol. The number of hydrogen-bond donors (Lipinski definition) is 0. The van der Waals surface area contributed by atoms with Crippen molar-refractivity contribution < 1.29 is 34.3 Å². The molecule has 0 aliphatic heterocycles. The molecule has 0 bridgehead atoms. The van der Waals surface area contributed by atoms with E-state index in [2.05, 4.69) is 60.4 Å². The SMILES string of the molecule is CCCCCCCC/C=C/C(CCCCCCCCCCCCCCCCCCC)COS(=O)(=O)[O-].CCCCCCCC/C=C/C(CCCCCCCCCCCCCCCCCCC)COS(=O)(=O)[O-].[Ca+2]. The second-order valence-electron chi connectivity index (χ2n) is 21.8. The van der Waals surface area contributed by atoms with Crippen LogP contribution in [0, 0.1) is 11.8 Å². The van der Waals surface area contributed by atoms with E-state index in [1.54, 1.807) is 0 Å². The molecule has 0 aliphatic rings. The Kier molecular flexibility index (Phi) is 67.4. The molecule has 0 aromatic rings. The van der Waals surface area contributed by atoms with Crippen LogP contribution in [0.25, 0.3) is 0 Å². The summed E-state index contributed by atoms with van der Waals surface area (Å²) in [6.07, 6.45) is 73.4. The quantitative estimate of drug-likeness (QED) is 0.0193. The van der Waals surface area contributed by atoms with Crippen LogP contribution in [0.3, 0.4) is 0 Å². The van der Waals surface area contributed by atoms with Crippen LogP contribution in [0.5, 0.6) is 0 Å². The first kappa shape index (κ1) is 77.7. The van der Waals surface area contributed by atoms with Crippen molar-refractivity contribution in [2.24, 2.45) is 11.8 Å². The molecular weight excluding hydrogens is 977 g/mol. The zero-order chi connectivity index (χ0) is 53.2. The fourth-order valence-electron chi connectivity index (χ4n) is 9.74. The van der Waals surface area contributed by atoms with E-state index < -0.39 is 20.8 Å². The Morgan fingerprint density at radius 1 is 0.301 bits per heavy atom. The fraction of sp³-hybridized carbons (Fsp3) is 0.935. The normalized spacial score (nSPS) is 12.9. The van der Waals surface area contributed by atoms with E-state index in [0.29, 0.717) is 0 Å². The van der Waals surface area contributed by atoms with Crippen molar-refractivity contribution in [3.8, 4) is 0 Å². The zero-order valence-electron chi connectivity index (χ0n) is 49.0. The maximum atomic E-state index is 10.9. The predicted molar refractivity (Wildman–Crippen MR) is 316 cm³/mol. The van der Waals surface area contributed by atoms with E-state index in [1.165, 1.54) is 283 Å². The summed E-state index contributed by atoms with van der Waals surface area (Å²) in [6, 6.07) is 0. The Bertz CT molecular complexity index is 1230. The van der Waals surface area contributed by atoms with Crippen LogP contribution in [0.4, 0.5) is 0 Å². The predicted octanol–water partition coefficient (Wildman–Crippen LogP) is 20.5. The molecule has 0 saturated heterocycles. The van der Waals surface area contributed by atoms with Crippen LogP contribution in [0.2, 0.25) is 0 Å². The van der Waals surface area contributed by atoms with Crippen LogP contribution < -0.4 is 0 Å². The first-order chi connectivity index (χ1) is 35.0. The third-order valence-electron chi connectivity index (χ3n) is 14.5. The molecule has 2 atom stereocenters. The van der Waals surface area contributed by atoms with E-state index in [9.17, 15) is 25.9 Å². The minimum Gasteiger partial charge on any atom is -0.726 e. The van der Waals surface area contributed by atoms with Gasteiger partial charge in [0.15, 0.2) is 0 Å². The number of rotatable bonds is 58. The van der Waals surface area contributed by atoms with Crippen molar-refractivity contribution in [1.82, 2.24) is 0 Å². The smallest absolute Gasteiger partial charge is 0.726 e. The molecule has 0 N–H and O–H groups in total.